The van der Waals surface area contributed by atoms with Crippen LogP contribution in [0.5, 0.6) is 0 Å². The largest absolute Gasteiger partial charge is 0.365 e. The number of anilines is 1. The van der Waals surface area contributed by atoms with Crippen molar-refractivity contribution >= 4 is 34.9 Å². The number of nitrogens with two attached hydrogens (primary N) is 1. The van der Waals surface area contributed by atoms with Crippen molar-refractivity contribution in [2.24, 2.45) is 5.84 Å². The molecule has 1 amide bonds. The summed E-state index contributed by atoms with van der Waals surface area (Å²) in [5, 5.41) is 0.854. The Morgan fingerprint density at radius 3 is 2.78 bits per heavy atom. The third-order valence-electron chi connectivity index (χ3n) is 2.33. The number of pyridine rings is 1. The first-order valence-electron chi connectivity index (χ1n) is 5.12. The molecule has 3 N–H and O–H groups in total. The van der Waals surface area contributed by atoms with Crippen LogP contribution in [0.2, 0.25) is 0 Å². The summed E-state index contributed by atoms with van der Waals surface area (Å²) < 4.78 is 0. The lowest BCUT2D eigenvalue weighted by atomic mass is 10.3. The van der Waals surface area contributed by atoms with Gasteiger partial charge in [0.25, 0.3) is 5.91 Å². The fraction of sp³-hybridized carbons (Fsp3) is 0.200. The molecular weight excluding hydrogens is 256 g/mol. The number of carbonyl (C=O) groups is 2. The summed E-state index contributed by atoms with van der Waals surface area (Å²) in [7, 11) is 0. The second-order valence-corrected chi connectivity index (χ2v) is 4.01. The van der Waals surface area contributed by atoms with Gasteiger partial charge in [-0.15, -0.1) is 5.06 Å². The molecule has 0 atom stereocenters. The van der Waals surface area contributed by atoms with E-state index in [2.05, 4.69) is 10.4 Å². The molecule has 1 aromatic rings. The molecule has 1 aromatic heterocycles. The summed E-state index contributed by atoms with van der Waals surface area (Å²) in [6, 6.07) is 2.99. The Balaban J connectivity index is 2.07. The van der Waals surface area contributed by atoms with E-state index in [9.17, 15) is 9.59 Å². The first-order valence-corrected chi connectivity index (χ1v) is 5.53. The molecule has 94 valence electrons. The fourth-order valence-corrected chi connectivity index (χ4v) is 1.63. The highest BCUT2D eigenvalue weighted by molar-refractivity contribution is 7.80. The number of nitrogens with zero attached hydrogens (tertiary/aromatic N) is 2. The van der Waals surface area contributed by atoms with Gasteiger partial charge in [-0.2, -0.15) is 0 Å². The minimum Gasteiger partial charge on any atom is -0.327 e. The molecule has 18 heavy (non-hydrogen) atoms. The van der Waals surface area contributed by atoms with Gasteiger partial charge in [-0.05, 0) is 12.1 Å². The van der Waals surface area contributed by atoms with Crippen molar-refractivity contribution in [3.63, 3.8) is 0 Å². The minimum atomic E-state index is -0.691. The summed E-state index contributed by atoms with van der Waals surface area (Å²) >= 11 is 4.91. The number of nitrogens with one attached hydrogen (secondary N) is 1. The monoisotopic (exact) mass is 266 g/mol. The quantitative estimate of drug-likeness (QED) is 0.464. The average molecular weight is 266 g/mol. The number of carbonyl (C=O) groups excluding carboxylic acids is 2. The van der Waals surface area contributed by atoms with Crippen molar-refractivity contribution in [2.75, 3.05) is 5.43 Å². The number of nitrogen functional groups attached to an aromatic ring is 1. The van der Waals surface area contributed by atoms with Gasteiger partial charge in [-0.1, -0.05) is 12.2 Å². The zero-order valence-corrected chi connectivity index (χ0v) is 10.1. The predicted molar refractivity (Wildman–Crippen MR) is 66.1 cm³/mol. The van der Waals surface area contributed by atoms with Gasteiger partial charge in [0.05, 0.1) is 5.56 Å². The first kappa shape index (κ1) is 12.4. The highest BCUT2D eigenvalue weighted by atomic mass is 32.1. The molecule has 8 heteroatoms. The Bertz CT molecular complexity index is 486. The van der Waals surface area contributed by atoms with Gasteiger partial charge in [0.2, 0.25) is 0 Å². The van der Waals surface area contributed by atoms with Gasteiger partial charge in [0, 0.05) is 19.0 Å². The van der Waals surface area contributed by atoms with Crippen LogP contribution in [0.25, 0.3) is 0 Å². The van der Waals surface area contributed by atoms with Crippen molar-refractivity contribution in [1.82, 2.24) is 10.0 Å². The Labute approximate surface area is 108 Å². The number of hydroxylamine groups is 2. The van der Waals surface area contributed by atoms with Gasteiger partial charge in [0.1, 0.15) is 10.8 Å². The lowest BCUT2D eigenvalue weighted by Gasteiger charge is -2.14. The van der Waals surface area contributed by atoms with E-state index in [0.29, 0.717) is 17.2 Å². The number of hydrogen-bond acceptors (Lipinski definition) is 7. The van der Waals surface area contributed by atoms with Crippen LogP contribution in [0.4, 0.5) is 5.82 Å². The molecule has 0 aliphatic carbocycles. The molecule has 0 aromatic carbocycles. The maximum absolute atomic E-state index is 11.7. The summed E-state index contributed by atoms with van der Waals surface area (Å²) in [4.78, 5) is 32.2. The lowest BCUT2D eigenvalue weighted by Crippen LogP contribution is -2.31. The number of hydrogen-bond donors (Lipinski definition) is 2. The Kier molecular flexibility index (Phi) is 3.49. The molecule has 1 aliphatic rings. The Morgan fingerprint density at radius 1 is 1.50 bits per heavy atom. The molecule has 7 nitrogen and oxygen atoms in total. The maximum Gasteiger partial charge on any atom is 0.365 e. The van der Waals surface area contributed by atoms with E-state index in [-0.39, 0.29) is 17.9 Å². The maximum atomic E-state index is 11.7. The van der Waals surface area contributed by atoms with Gasteiger partial charge < -0.3 is 10.3 Å². The smallest absolute Gasteiger partial charge is 0.327 e. The summed E-state index contributed by atoms with van der Waals surface area (Å²) in [5.74, 6) is 4.55. The van der Waals surface area contributed by atoms with E-state index >= 15 is 0 Å². The topological polar surface area (TPSA) is 97.5 Å². The molecule has 1 fully saturated rings. The Hall–Kier alpha value is -2.06. The SMILES string of the molecule is NNc1ccc(C(=O)ON2C(=O)CCC2=S)cn1. The molecule has 2 heterocycles. The van der Waals surface area contributed by atoms with Crippen molar-refractivity contribution in [1.29, 1.82) is 0 Å². The number of amides is 1. The van der Waals surface area contributed by atoms with E-state index in [4.69, 9.17) is 22.9 Å². The molecule has 0 radical (unpaired) electrons. The van der Waals surface area contributed by atoms with Crippen molar-refractivity contribution in [3.8, 4) is 0 Å². The first-order chi connectivity index (χ1) is 8.61. The fourth-order valence-electron chi connectivity index (χ4n) is 1.39. The van der Waals surface area contributed by atoms with Gasteiger partial charge in [-0.25, -0.2) is 15.6 Å². The van der Waals surface area contributed by atoms with Crippen LogP contribution >= 0.6 is 12.2 Å². The summed E-state index contributed by atoms with van der Waals surface area (Å²) in [6.45, 7) is 0. The molecule has 0 bridgehead atoms. The minimum absolute atomic E-state index is 0.205. The van der Waals surface area contributed by atoms with Crippen LogP contribution in [0.1, 0.15) is 23.2 Å². The molecule has 2 rings (SSSR count). The lowest BCUT2D eigenvalue weighted by molar-refractivity contribution is -0.147. The van der Waals surface area contributed by atoms with E-state index in [1.165, 1.54) is 18.3 Å². The van der Waals surface area contributed by atoms with E-state index in [1.54, 1.807) is 0 Å². The standard InChI is InChI=1S/C10H10N4O3S/c11-13-7-2-1-6(5-12-7)10(16)17-14-8(15)3-4-9(14)18/h1-2,5H,3-4,11H2,(H,12,13). The number of thiocarbonyl (C=S) groups is 1. The predicted octanol–water partition coefficient (Wildman–Crippen LogP) is 0.389. The molecule has 1 saturated heterocycles. The molecule has 0 spiro atoms. The molecule has 0 unspecified atom stereocenters. The van der Waals surface area contributed by atoms with Crippen molar-refractivity contribution < 1.29 is 14.4 Å². The second-order valence-electron chi connectivity index (χ2n) is 3.54. The van der Waals surface area contributed by atoms with Crippen LogP contribution in [0, 0.1) is 0 Å². The third-order valence-corrected chi connectivity index (χ3v) is 2.70. The van der Waals surface area contributed by atoms with Crippen molar-refractivity contribution in [3.05, 3.63) is 23.9 Å². The number of hydrazine groups is 1. The van der Waals surface area contributed by atoms with Gasteiger partial charge in [-0.3, -0.25) is 4.79 Å². The zero-order valence-electron chi connectivity index (χ0n) is 9.25. The highest BCUT2D eigenvalue weighted by Crippen LogP contribution is 2.15. The number of rotatable bonds is 3. The van der Waals surface area contributed by atoms with Crippen LogP contribution in [0.15, 0.2) is 18.3 Å². The van der Waals surface area contributed by atoms with Gasteiger partial charge in [0.15, 0.2) is 0 Å². The summed E-state index contributed by atoms with van der Waals surface area (Å²) in [5.41, 5.74) is 2.54. The molecule has 1 aliphatic heterocycles. The molecular formula is C10H10N4O3S. The normalized spacial score (nSPS) is 14.8. The van der Waals surface area contributed by atoms with Crippen LogP contribution < -0.4 is 11.3 Å². The van der Waals surface area contributed by atoms with E-state index < -0.39 is 5.97 Å². The highest BCUT2D eigenvalue weighted by Gasteiger charge is 2.30. The summed E-state index contributed by atoms with van der Waals surface area (Å²) in [6.07, 6.45) is 1.98. The van der Waals surface area contributed by atoms with Gasteiger partial charge >= 0.3 is 5.97 Å². The van der Waals surface area contributed by atoms with Crippen LogP contribution in [-0.4, -0.2) is 26.9 Å². The molecule has 0 saturated carbocycles. The van der Waals surface area contributed by atoms with Crippen LogP contribution in [-0.2, 0) is 9.63 Å². The van der Waals surface area contributed by atoms with E-state index in [1.807, 2.05) is 0 Å². The zero-order chi connectivity index (χ0) is 13.1. The third kappa shape index (κ3) is 2.44. The number of aromatic nitrogens is 1. The van der Waals surface area contributed by atoms with Crippen LogP contribution in [0.3, 0.4) is 0 Å². The second kappa shape index (κ2) is 5.07. The average Bonchev–Trinajstić information content (AvgIpc) is 2.70. The van der Waals surface area contributed by atoms with E-state index in [0.717, 1.165) is 5.06 Å². The van der Waals surface area contributed by atoms with Crippen molar-refractivity contribution in [2.45, 2.75) is 12.8 Å². The Morgan fingerprint density at radius 2 is 2.28 bits per heavy atom.